The van der Waals surface area contributed by atoms with Crippen molar-refractivity contribution in [3.63, 3.8) is 0 Å². The normalized spacial score (nSPS) is 16.3. The van der Waals surface area contributed by atoms with Crippen molar-refractivity contribution in [1.82, 2.24) is 19.4 Å². The predicted octanol–water partition coefficient (Wildman–Crippen LogP) is 1.71. The minimum absolute atomic E-state index is 0.139. The van der Waals surface area contributed by atoms with E-state index in [-0.39, 0.29) is 30.5 Å². The van der Waals surface area contributed by atoms with Gasteiger partial charge in [-0.2, -0.15) is 18.3 Å². The molecule has 12 heteroatoms. The molecule has 31 heavy (non-hydrogen) atoms. The molecular formula is C19H21F3N4O4S. The molecule has 0 radical (unpaired) electrons. The fourth-order valence-electron chi connectivity index (χ4n) is 3.43. The number of sulfonamides is 1. The quantitative estimate of drug-likeness (QED) is 0.752. The molecule has 1 amide bonds. The van der Waals surface area contributed by atoms with Crippen LogP contribution in [0.2, 0.25) is 0 Å². The summed E-state index contributed by atoms with van der Waals surface area (Å²) in [4.78, 5) is 25.0. The summed E-state index contributed by atoms with van der Waals surface area (Å²) in [7, 11) is -3.33. The van der Waals surface area contributed by atoms with Crippen LogP contribution in [-0.4, -0.2) is 53.8 Å². The second-order valence-electron chi connectivity index (χ2n) is 7.34. The molecule has 1 fully saturated rings. The lowest BCUT2D eigenvalue weighted by molar-refractivity contribution is -0.137. The summed E-state index contributed by atoms with van der Waals surface area (Å²) in [5.41, 5.74) is -2.37. The summed E-state index contributed by atoms with van der Waals surface area (Å²) in [5.74, 6) is -0.818. The molecule has 1 N–H and O–H groups in total. The number of nitrogens with one attached hydrogen (secondary N) is 1. The van der Waals surface area contributed by atoms with Crippen LogP contribution >= 0.6 is 0 Å². The van der Waals surface area contributed by atoms with E-state index in [4.69, 9.17) is 0 Å². The van der Waals surface area contributed by atoms with Gasteiger partial charge in [-0.1, -0.05) is 12.1 Å². The van der Waals surface area contributed by atoms with Crippen LogP contribution in [0, 0.1) is 6.92 Å². The first kappa shape index (κ1) is 22.9. The number of hydrogen-bond acceptors (Lipinski definition) is 5. The first-order chi connectivity index (χ1) is 14.4. The van der Waals surface area contributed by atoms with Gasteiger partial charge in [-0.25, -0.2) is 17.4 Å². The average molecular weight is 458 g/mol. The number of carbonyl (C=O) groups is 1. The van der Waals surface area contributed by atoms with Crippen LogP contribution in [-0.2, 0) is 16.2 Å². The molecule has 0 bridgehead atoms. The van der Waals surface area contributed by atoms with Crippen molar-refractivity contribution in [2.24, 2.45) is 0 Å². The Bertz CT molecular complexity index is 1150. The minimum atomic E-state index is -4.65. The van der Waals surface area contributed by atoms with Gasteiger partial charge in [-0.05, 0) is 31.9 Å². The highest BCUT2D eigenvalue weighted by Gasteiger charge is 2.34. The zero-order chi connectivity index (χ0) is 23.0. The molecule has 0 saturated carbocycles. The second kappa shape index (κ2) is 8.42. The SMILES string of the molecule is Cc1cc(=O)c(C(=O)NC2CCN(S(C)(=O)=O)CC2)nn1-c1ccccc1C(F)(F)F. The molecule has 0 unspecified atom stereocenters. The Morgan fingerprint density at radius 2 is 1.81 bits per heavy atom. The van der Waals surface area contributed by atoms with Crippen molar-refractivity contribution < 1.29 is 26.4 Å². The summed E-state index contributed by atoms with van der Waals surface area (Å²) in [5, 5.41) is 6.55. The Kier molecular flexibility index (Phi) is 6.23. The van der Waals surface area contributed by atoms with Crippen LogP contribution in [0.1, 0.15) is 34.6 Å². The number of rotatable bonds is 4. The van der Waals surface area contributed by atoms with E-state index in [1.54, 1.807) is 0 Å². The molecule has 2 aromatic rings. The number of carbonyl (C=O) groups excluding carboxylic acids is 1. The van der Waals surface area contributed by atoms with Crippen LogP contribution in [0.5, 0.6) is 0 Å². The van der Waals surface area contributed by atoms with Gasteiger partial charge in [0.25, 0.3) is 5.91 Å². The smallest absolute Gasteiger partial charge is 0.348 e. The molecular weight excluding hydrogens is 437 g/mol. The molecule has 0 atom stereocenters. The van der Waals surface area contributed by atoms with Gasteiger partial charge in [0.1, 0.15) is 0 Å². The highest BCUT2D eigenvalue weighted by Crippen LogP contribution is 2.33. The third-order valence-corrected chi connectivity index (χ3v) is 6.32. The Morgan fingerprint density at radius 1 is 1.19 bits per heavy atom. The van der Waals surface area contributed by atoms with E-state index < -0.39 is 38.8 Å². The predicted molar refractivity (Wildman–Crippen MR) is 106 cm³/mol. The van der Waals surface area contributed by atoms with Gasteiger partial charge >= 0.3 is 6.18 Å². The number of alkyl halides is 3. The number of aryl methyl sites for hydroxylation is 1. The first-order valence-corrected chi connectivity index (χ1v) is 11.3. The number of piperidine rings is 1. The van der Waals surface area contributed by atoms with Gasteiger partial charge < -0.3 is 5.32 Å². The largest absolute Gasteiger partial charge is 0.418 e. The second-order valence-corrected chi connectivity index (χ2v) is 9.32. The van der Waals surface area contributed by atoms with E-state index in [0.29, 0.717) is 12.8 Å². The van der Waals surface area contributed by atoms with Crippen molar-refractivity contribution in [3.8, 4) is 5.69 Å². The fraction of sp³-hybridized carbons (Fsp3) is 0.421. The van der Waals surface area contributed by atoms with E-state index >= 15 is 0 Å². The van der Waals surface area contributed by atoms with E-state index in [2.05, 4.69) is 10.4 Å². The molecule has 1 aliphatic rings. The van der Waals surface area contributed by atoms with E-state index in [9.17, 15) is 31.2 Å². The Hall–Kier alpha value is -2.73. The minimum Gasteiger partial charge on any atom is -0.348 e. The highest BCUT2D eigenvalue weighted by molar-refractivity contribution is 7.88. The third-order valence-electron chi connectivity index (χ3n) is 5.02. The Balaban J connectivity index is 1.88. The number of halogens is 3. The molecule has 8 nitrogen and oxygen atoms in total. The van der Waals surface area contributed by atoms with Gasteiger partial charge in [0.2, 0.25) is 15.5 Å². The molecule has 3 rings (SSSR count). The van der Waals surface area contributed by atoms with Crippen molar-refractivity contribution >= 4 is 15.9 Å². The number of aromatic nitrogens is 2. The fourth-order valence-corrected chi connectivity index (χ4v) is 4.31. The summed E-state index contributed by atoms with van der Waals surface area (Å²) in [6.07, 6.45) is -2.86. The van der Waals surface area contributed by atoms with Crippen molar-refractivity contribution in [2.45, 2.75) is 32.0 Å². The highest BCUT2D eigenvalue weighted by atomic mass is 32.2. The van der Waals surface area contributed by atoms with Crippen molar-refractivity contribution in [1.29, 1.82) is 0 Å². The van der Waals surface area contributed by atoms with Gasteiger partial charge in [-0.3, -0.25) is 9.59 Å². The molecule has 0 spiro atoms. The molecule has 1 aromatic heterocycles. The van der Waals surface area contributed by atoms with Gasteiger partial charge in [-0.15, -0.1) is 0 Å². The van der Waals surface area contributed by atoms with E-state index in [0.717, 1.165) is 23.1 Å². The number of amides is 1. The zero-order valence-corrected chi connectivity index (χ0v) is 17.6. The van der Waals surface area contributed by atoms with E-state index in [1.165, 1.54) is 29.4 Å². The number of hydrogen-bond donors (Lipinski definition) is 1. The topological polar surface area (TPSA) is 101 Å². The maximum Gasteiger partial charge on any atom is 0.418 e. The van der Waals surface area contributed by atoms with Crippen LogP contribution < -0.4 is 10.7 Å². The Morgan fingerprint density at radius 3 is 2.39 bits per heavy atom. The van der Waals surface area contributed by atoms with Crippen LogP contribution in [0.25, 0.3) is 5.69 Å². The van der Waals surface area contributed by atoms with Crippen LogP contribution in [0.3, 0.4) is 0 Å². The molecule has 1 aromatic carbocycles. The number of nitrogens with zero attached hydrogens (tertiary/aromatic N) is 3. The van der Waals surface area contributed by atoms with Crippen molar-refractivity contribution in [2.75, 3.05) is 19.3 Å². The lowest BCUT2D eigenvalue weighted by Gasteiger charge is -2.30. The average Bonchev–Trinajstić information content (AvgIpc) is 2.67. The lowest BCUT2D eigenvalue weighted by atomic mass is 10.1. The number of para-hydroxylation sites is 1. The molecule has 1 aliphatic heterocycles. The standard InChI is InChI=1S/C19H21F3N4O4S/c1-12-11-16(27)17(18(28)23-13-7-9-25(10-8-13)31(2,29)30)24-26(12)15-6-4-3-5-14(15)19(20,21)22/h3-6,11,13H,7-10H2,1-2H3,(H,23,28). The van der Waals surface area contributed by atoms with Gasteiger partial charge in [0.05, 0.1) is 17.5 Å². The lowest BCUT2D eigenvalue weighted by Crippen LogP contribution is -2.47. The third kappa shape index (κ3) is 5.13. The van der Waals surface area contributed by atoms with Gasteiger partial charge in [0.15, 0.2) is 5.69 Å². The van der Waals surface area contributed by atoms with Crippen molar-refractivity contribution in [3.05, 3.63) is 57.5 Å². The monoisotopic (exact) mass is 458 g/mol. The molecule has 2 heterocycles. The summed E-state index contributed by atoms with van der Waals surface area (Å²) < 4.78 is 65.6. The molecule has 0 aliphatic carbocycles. The molecule has 168 valence electrons. The van der Waals surface area contributed by atoms with Crippen LogP contribution in [0.4, 0.5) is 13.2 Å². The zero-order valence-electron chi connectivity index (χ0n) is 16.8. The van der Waals surface area contributed by atoms with E-state index in [1.807, 2.05) is 0 Å². The Labute approximate surface area is 176 Å². The van der Waals surface area contributed by atoms with Gasteiger partial charge in [0, 0.05) is 30.9 Å². The number of benzene rings is 1. The summed E-state index contributed by atoms with van der Waals surface area (Å²) >= 11 is 0. The maximum absolute atomic E-state index is 13.4. The molecule has 1 saturated heterocycles. The summed E-state index contributed by atoms with van der Waals surface area (Å²) in [6, 6.07) is 5.41. The van der Waals surface area contributed by atoms with Crippen LogP contribution in [0.15, 0.2) is 35.1 Å². The first-order valence-electron chi connectivity index (χ1n) is 9.41. The summed E-state index contributed by atoms with van der Waals surface area (Å²) in [6.45, 7) is 1.85. The maximum atomic E-state index is 13.4.